The fraction of sp³-hybridized carbons (Fsp3) is 0.250. The van der Waals surface area contributed by atoms with Gasteiger partial charge in [0.05, 0.1) is 12.5 Å². The van der Waals surface area contributed by atoms with E-state index in [4.69, 9.17) is 14.2 Å². The standard InChI is InChI=1S/C24H21NO4/c1-27-20-4-2-3-16(11-20)17-5-7-19(25-14-17)13-23(26)24(9-10-24)18-6-8-21-22(12-18)29-15-28-21/h2-8,11-12,14H,9-10,13,15H2,1H3. The molecule has 3 aromatic rings. The van der Waals surface area contributed by atoms with E-state index in [1.165, 1.54) is 0 Å². The molecule has 1 aliphatic carbocycles. The van der Waals surface area contributed by atoms with Gasteiger partial charge < -0.3 is 14.2 Å². The molecule has 0 radical (unpaired) electrons. The van der Waals surface area contributed by atoms with Gasteiger partial charge in [-0.05, 0) is 54.3 Å². The van der Waals surface area contributed by atoms with Crippen LogP contribution in [0.25, 0.3) is 11.1 Å². The maximum absolute atomic E-state index is 13.1. The predicted molar refractivity (Wildman–Crippen MR) is 108 cm³/mol. The molecule has 0 spiro atoms. The maximum Gasteiger partial charge on any atom is 0.231 e. The van der Waals surface area contributed by atoms with Crippen LogP contribution in [0.5, 0.6) is 17.2 Å². The average molecular weight is 387 g/mol. The van der Waals surface area contributed by atoms with Crippen LogP contribution in [0.1, 0.15) is 24.1 Å². The third kappa shape index (κ3) is 3.23. The van der Waals surface area contributed by atoms with Gasteiger partial charge in [-0.2, -0.15) is 0 Å². The van der Waals surface area contributed by atoms with Gasteiger partial charge in [0.1, 0.15) is 11.5 Å². The summed E-state index contributed by atoms with van der Waals surface area (Å²) in [6.45, 7) is 0.239. The van der Waals surface area contributed by atoms with E-state index >= 15 is 0 Å². The third-order valence-electron chi connectivity index (χ3n) is 5.78. The summed E-state index contributed by atoms with van der Waals surface area (Å²) in [6.07, 6.45) is 3.88. The van der Waals surface area contributed by atoms with Crippen molar-refractivity contribution in [2.75, 3.05) is 13.9 Å². The third-order valence-corrected chi connectivity index (χ3v) is 5.78. The Morgan fingerprint density at radius 1 is 1.03 bits per heavy atom. The van der Waals surface area contributed by atoms with E-state index in [0.717, 1.165) is 52.5 Å². The molecule has 1 fully saturated rings. The van der Waals surface area contributed by atoms with Crippen molar-refractivity contribution >= 4 is 5.78 Å². The Hall–Kier alpha value is -3.34. The zero-order chi connectivity index (χ0) is 19.8. The van der Waals surface area contributed by atoms with Gasteiger partial charge in [0.25, 0.3) is 0 Å². The molecule has 5 heteroatoms. The zero-order valence-corrected chi connectivity index (χ0v) is 16.2. The van der Waals surface area contributed by atoms with E-state index < -0.39 is 5.41 Å². The number of aromatic nitrogens is 1. The first-order valence-corrected chi connectivity index (χ1v) is 9.71. The second kappa shape index (κ2) is 6.92. The van der Waals surface area contributed by atoms with Gasteiger partial charge in [-0.1, -0.05) is 24.3 Å². The van der Waals surface area contributed by atoms with E-state index in [9.17, 15) is 4.79 Å². The highest BCUT2D eigenvalue weighted by molar-refractivity contribution is 5.94. The van der Waals surface area contributed by atoms with Gasteiger partial charge in [-0.15, -0.1) is 0 Å². The van der Waals surface area contributed by atoms with Gasteiger partial charge in [0.2, 0.25) is 6.79 Å². The number of ether oxygens (including phenoxy) is 3. The topological polar surface area (TPSA) is 57.7 Å². The number of hydrogen-bond acceptors (Lipinski definition) is 5. The molecule has 146 valence electrons. The SMILES string of the molecule is COc1cccc(-c2ccc(CC(=O)C3(c4ccc5c(c4)OCO5)CC3)nc2)c1. The van der Waals surface area contributed by atoms with Crippen LogP contribution >= 0.6 is 0 Å². The lowest BCUT2D eigenvalue weighted by molar-refractivity contribution is -0.120. The van der Waals surface area contributed by atoms with Crippen LogP contribution in [0.2, 0.25) is 0 Å². The summed E-state index contributed by atoms with van der Waals surface area (Å²) in [6, 6.07) is 17.6. The van der Waals surface area contributed by atoms with Crippen molar-refractivity contribution in [3.05, 3.63) is 72.1 Å². The van der Waals surface area contributed by atoms with Crippen molar-refractivity contribution < 1.29 is 19.0 Å². The zero-order valence-electron chi connectivity index (χ0n) is 16.2. The Morgan fingerprint density at radius 3 is 2.66 bits per heavy atom. The van der Waals surface area contributed by atoms with Gasteiger partial charge in [0, 0.05) is 23.9 Å². The fourth-order valence-corrected chi connectivity index (χ4v) is 3.88. The molecule has 2 aromatic carbocycles. The van der Waals surface area contributed by atoms with E-state index in [2.05, 4.69) is 4.98 Å². The highest BCUT2D eigenvalue weighted by atomic mass is 16.7. The van der Waals surface area contributed by atoms with Crippen LogP contribution in [-0.2, 0) is 16.6 Å². The van der Waals surface area contributed by atoms with E-state index in [-0.39, 0.29) is 12.6 Å². The summed E-state index contributed by atoms with van der Waals surface area (Å²) in [5.41, 5.74) is 3.42. The minimum absolute atomic E-state index is 0.206. The second-order valence-corrected chi connectivity index (χ2v) is 7.52. The molecule has 0 bridgehead atoms. The first kappa shape index (κ1) is 17.7. The molecule has 2 aliphatic rings. The number of rotatable bonds is 6. The minimum atomic E-state index is -0.409. The molecule has 1 aromatic heterocycles. The largest absolute Gasteiger partial charge is 0.497 e. The van der Waals surface area contributed by atoms with Crippen LogP contribution in [0.15, 0.2) is 60.8 Å². The molecular formula is C24H21NO4. The molecule has 0 saturated heterocycles. The van der Waals surface area contributed by atoms with Crippen LogP contribution in [0.3, 0.4) is 0 Å². The van der Waals surface area contributed by atoms with Gasteiger partial charge in [-0.3, -0.25) is 9.78 Å². The van der Waals surface area contributed by atoms with Gasteiger partial charge in [0.15, 0.2) is 11.5 Å². The summed E-state index contributed by atoms with van der Waals surface area (Å²) in [5, 5.41) is 0. The average Bonchev–Trinajstić information content (AvgIpc) is 3.45. The molecule has 29 heavy (non-hydrogen) atoms. The molecule has 0 N–H and O–H groups in total. The summed E-state index contributed by atoms with van der Waals surface area (Å²) < 4.78 is 16.1. The molecule has 5 rings (SSSR count). The molecule has 2 heterocycles. The Kier molecular flexibility index (Phi) is 4.23. The van der Waals surface area contributed by atoms with Crippen molar-refractivity contribution in [2.24, 2.45) is 0 Å². The van der Waals surface area contributed by atoms with Crippen molar-refractivity contribution in [1.82, 2.24) is 4.98 Å². The summed E-state index contributed by atoms with van der Waals surface area (Å²) in [4.78, 5) is 17.6. The number of hydrogen-bond donors (Lipinski definition) is 0. The summed E-state index contributed by atoms with van der Waals surface area (Å²) in [5.74, 6) is 2.48. The van der Waals surface area contributed by atoms with E-state index in [1.54, 1.807) is 7.11 Å². The lowest BCUT2D eigenvalue weighted by atomic mass is 9.88. The fourth-order valence-electron chi connectivity index (χ4n) is 3.88. The van der Waals surface area contributed by atoms with Crippen LogP contribution < -0.4 is 14.2 Å². The number of Topliss-reactive ketones (excluding diaryl/α,β-unsaturated/α-hetero) is 1. The highest BCUT2D eigenvalue weighted by Gasteiger charge is 2.50. The quantitative estimate of drug-likeness (QED) is 0.630. The molecule has 0 amide bonds. The normalized spacial score (nSPS) is 15.8. The molecule has 1 saturated carbocycles. The van der Waals surface area contributed by atoms with Gasteiger partial charge >= 0.3 is 0 Å². The predicted octanol–water partition coefficient (Wildman–Crippen LogP) is 4.33. The van der Waals surface area contributed by atoms with E-state index in [1.807, 2.05) is 60.8 Å². The Labute approximate surface area is 169 Å². The molecule has 0 atom stereocenters. The van der Waals surface area contributed by atoms with Crippen LogP contribution in [0, 0.1) is 0 Å². The number of carbonyl (C=O) groups is 1. The van der Waals surface area contributed by atoms with Crippen molar-refractivity contribution in [1.29, 1.82) is 0 Å². The Bertz CT molecular complexity index is 1070. The van der Waals surface area contributed by atoms with Gasteiger partial charge in [-0.25, -0.2) is 0 Å². The smallest absolute Gasteiger partial charge is 0.231 e. The first-order valence-electron chi connectivity index (χ1n) is 9.71. The Morgan fingerprint density at radius 2 is 1.90 bits per heavy atom. The van der Waals surface area contributed by atoms with Crippen molar-refractivity contribution in [2.45, 2.75) is 24.7 Å². The monoisotopic (exact) mass is 387 g/mol. The molecular weight excluding hydrogens is 366 g/mol. The number of pyridine rings is 1. The number of carbonyl (C=O) groups excluding carboxylic acids is 1. The first-order chi connectivity index (χ1) is 14.2. The van der Waals surface area contributed by atoms with Crippen molar-refractivity contribution in [3.8, 4) is 28.4 Å². The van der Waals surface area contributed by atoms with E-state index in [0.29, 0.717) is 6.42 Å². The molecule has 1 aliphatic heterocycles. The maximum atomic E-state index is 13.1. The van der Waals surface area contributed by atoms with Crippen LogP contribution in [0.4, 0.5) is 0 Å². The minimum Gasteiger partial charge on any atom is -0.497 e. The number of methoxy groups -OCH3 is 1. The lowest BCUT2D eigenvalue weighted by Gasteiger charge is -2.15. The highest BCUT2D eigenvalue weighted by Crippen LogP contribution is 2.51. The Balaban J connectivity index is 1.33. The van der Waals surface area contributed by atoms with Crippen LogP contribution in [-0.4, -0.2) is 24.7 Å². The van der Waals surface area contributed by atoms with Crippen molar-refractivity contribution in [3.63, 3.8) is 0 Å². The number of benzene rings is 2. The number of ketones is 1. The summed E-state index contributed by atoms with van der Waals surface area (Å²) in [7, 11) is 1.65. The summed E-state index contributed by atoms with van der Waals surface area (Å²) >= 11 is 0. The number of fused-ring (bicyclic) bond motifs is 1. The molecule has 0 unspecified atom stereocenters. The molecule has 5 nitrogen and oxygen atoms in total. The lowest BCUT2D eigenvalue weighted by Crippen LogP contribution is -2.22. The number of nitrogens with zero attached hydrogens (tertiary/aromatic N) is 1. The second-order valence-electron chi connectivity index (χ2n) is 7.52.